The molecule has 1 atom stereocenters. The second kappa shape index (κ2) is 8.45. The maximum atomic E-state index is 12.8. The fourth-order valence-electron chi connectivity index (χ4n) is 4.44. The fourth-order valence-corrected chi connectivity index (χ4v) is 4.44. The molecule has 3 heterocycles. The van der Waals surface area contributed by atoms with Crippen LogP contribution in [0.3, 0.4) is 0 Å². The maximum Gasteiger partial charge on any atom is 0.269 e. The Morgan fingerprint density at radius 3 is 2.58 bits per heavy atom. The Morgan fingerprint density at radius 2 is 1.94 bits per heavy atom. The summed E-state index contributed by atoms with van der Waals surface area (Å²) < 4.78 is 0. The van der Waals surface area contributed by atoms with E-state index in [2.05, 4.69) is 15.0 Å². The summed E-state index contributed by atoms with van der Waals surface area (Å²) in [4.78, 5) is 37.7. The maximum absolute atomic E-state index is 12.8. The molecule has 1 amide bonds. The third kappa shape index (κ3) is 4.28. The van der Waals surface area contributed by atoms with E-state index in [1.807, 2.05) is 31.9 Å². The molecule has 162 valence electrons. The van der Waals surface area contributed by atoms with E-state index < -0.39 is 4.92 Å². The van der Waals surface area contributed by atoms with Crippen molar-refractivity contribution in [2.45, 2.75) is 51.9 Å². The van der Waals surface area contributed by atoms with Gasteiger partial charge in [0.1, 0.15) is 11.3 Å². The lowest BCUT2D eigenvalue weighted by molar-refractivity contribution is -0.384. The number of aryl methyl sites for hydroxylation is 2. The number of benzene rings is 1. The average Bonchev–Trinajstić information content (AvgIpc) is 3.16. The monoisotopic (exact) mass is 421 g/mol. The molecule has 1 fully saturated rings. The van der Waals surface area contributed by atoms with Gasteiger partial charge in [-0.15, -0.1) is 0 Å². The normalized spacial score (nSPS) is 15.9. The van der Waals surface area contributed by atoms with Crippen LogP contribution in [0.25, 0.3) is 11.0 Å². The lowest BCUT2D eigenvalue weighted by atomic mass is 9.89. The van der Waals surface area contributed by atoms with Crippen LogP contribution in [0.2, 0.25) is 0 Å². The number of nitrogens with one attached hydrogen (secondary N) is 1. The molecule has 1 aromatic carbocycles. The van der Waals surface area contributed by atoms with Crippen LogP contribution in [0.15, 0.2) is 30.5 Å². The SMILES string of the molecule is Cc1nc2c(C)ncc(C3CCN(C(=O)CC(C)c4ccc([N+](=O)[O-])cc4)CC3)c2[nH]1. The number of rotatable bonds is 5. The number of likely N-dealkylation sites (tertiary alicyclic amines) is 1. The van der Waals surface area contributed by atoms with Crippen molar-refractivity contribution >= 4 is 22.6 Å². The molecule has 1 N–H and O–H groups in total. The second-order valence-electron chi connectivity index (χ2n) is 8.45. The number of nitro groups is 1. The first-order chi connectivity index (χ1) is 14.8. The quantitative estimate of drug-likeness (QED) is 0.486. The van der Waals surface area contributed by atoms with E-state index in [-0.39, 0.29) is 17.5 Å². The van der Waals surface area contributed by atoms with Crippen molar-refractivity contribution < 1.29 is 9.72 Å². The lowest BCUT2D eigenvalue weighted by Gasteiger charge is -2.33. The molecule has 8 nitrogen and oxygen atoms in total. The van der Waals surface area contributed by atoms with Crippen molar-refractivity contribution in [2.75, 3.05) is 13.1 Å². The number of nitrogens with zero attached hydrogens (tertiary/aromatic N) is 4. The van der Waals surface area contributed by atoms with Crippen molar-refractivity contribution in [1.29, 1.82) is 0 Å². The van der Waals surface area contributed by atoms with Gasteiger partial charge in [-0.25, -0.2) is 4.98 Å². The minimum Gasteiger partial charge on any atom is -0.343 e. The highest BCUT2D eigenvalue weighted by Crippen LogP contribution is 2.33. The summed E-state index contributed by atoms with van der Waals surface area (Å²) >= 11 is 0. The zero-order valence-corrected chi connectivity index (χ0v) is 18.1. The molecule has 1 aliphatic rings. The first-order valence-corrected chi connectivity index (χ1v) is 10.7. The number of fused-ring (bicyclic) bond motifs is 1. The van der Waals surface area contributed by atoms with E-state index in [1.165, 1.54) is 17.7 Å². The Morgan fingerprint density at radius 1 is 1.26 bits per heavy atom. The Balaban J connectivity index is 1.38. The molecule has 4 rings (SSSR count). The number of carbonyl (C=O) groups excluding carboxylic acids is 1. The minimum absolute atomic E-state index is 0.0138. The number of carbonyl (C=O) groups is 1. The summed E-state index contributed by atoms with van der Waals surface area (Å²) in [5.41, 5.74) is 5.13. The van der Waals surface area contributed by atoms with Gasteiger partial charge in [0, 0.05) is 37.8 Å². The van der Waals surface area contributed by atoms with Crippen molar-refractivity contribution in [1.82, 2.24) is 19.9 Å². The Kier molecular flexibility index (Phi) is 5.71. The number of aromatic amines is 1. The van der Waals surface area contributed by atoms with Crippen LogP contribution in [0, 0.1) is 24.0 Å². The van der Waals surface area contributed by atoms with Crippen LogP contribution in [-0.2, 0) is 4.79 Å². The third-order valence-corrected chi connectivity index (χ3v) is 6.29. The van der Waals surface area contributed by atoms with Gasteiger partial charge >= 0.3 is 0 Å². The van der Waals surface area contributed by atoms with Gasteiger partial charge < -0.3 is 9.88 Å². The highest BCUT2D eigenvalue weighted by atomic mass is 16.6. The first kappa shape index (κ1) is 21.0. The molecule has 8 heteroatoms. The standard InChI is InChI=1S/C23H27N5O3/c1-14(17-4-6-19(7-5-17)28(30)31)12-21(29)27-10-8-18(9-11-27)20-13-24-15(2)22-23(20)26-16(3)25-22/h4-7,13-14,18H,8-12H2,1-3H3,(H,25,26). The number of pyridine rings is 1. The Labute approximate surface area is 180 Å². The number of imidazole rings is 1. The summed E-state index contributed by atoms with van der Waals surface area (Å²) in [7, 11) is 0. The Hall–Kier alpha value is -3.29. The molecule has 1 aliphatic heterocycles. The van der Waals surface area contributed by atoms with Crippen LogP contribution in [0.5, 0.6) is 0 Å². The number of aromatic nitrogens is 3. The number of H-pyrrole nitrogens is 1. The largest absolute Gasteiger partial charge is 0.343 e. The predicted molar refractivity (Wildman–Crippen MR) is 118 cm³/mol. The number of nitro benzene ring substituents is 1. The number of amides is 1. The Bertz CT molecular complexity index is 1110. The molecule has 0 spiro atoms. The number of hydrogen-bond donors (Lipinski definition) is 1. The number of non-ortho nitro benzene ring substituents is 1. The highest BCUT2D eigenvalue weighted by molar-refractivity contribution is 5.81. The van der Waals surface area contributed by atoms with Gasteiger partial charge in [0.05, 0.1) is 16.1 Å². The summed E-state index contributed by atoms with van der Waals surface area (Å²) in [6, 6.07) is 6.47. The van der Waals surface area contributed by atoms with E-state index in [1.54, 1.807) is 12.1 Å². The topological polar surface area (TPSA) is 105 Å². The second-order valence-corrected chi connectivity index (χ2v) is 8.45. The first-order valence-electron chi connectivity index (χ1n) is 10.7. The van der Waals surface area contributed by atoms with Gasteiger partial charge in [-0.2, -0.15) is 0 Å². The van der Waals surface area contributed by atoms with Crippen LogP contribution in [0.1, 0.15) is 60.7 Å². The van der Waals surface area contributed by atoms with Crippen LogP contribution >= 0.6 is 0 Å². The number of hydrogen-bond acceptors (Lipinski definition) is 5. The third-order valence-electron chi connectivity index (χ3n) is 6.29. The summed E-state index contributed by atoms with van der Waals surface area (Å²) in [5, 5.41) is 10.8. The van der Waals surface area contributed by atoms with Gasteiger partial charge in [-0.05, 0) is 49.7 Å². The van der Waals surface area contributed by atoms with E-state index in [9.17, 15) is 14.9 Å². The molecule has 1 unspecified atom stereocenters. The van der Waals surface area contributed by atoms with E-state index in [0.717, 1.165) is 54.0 Å². The molecule has 0 radical (unpaired) electrons. The molecule has 0 aliphatic carbocycles. The fraction of sp³-hybridized carbons (Fsp3) is 0.435. The van der Waals surface area contributed by atoms with Gasteiger partial charge in [0.25, 0.3) is 5.69 Å². The molecular weight excluding hydrogens is 394 g/mol. The van der Waals surface area contributed by atoms with Crippen LogP contribution < -0.4 is 0 Å². The molecular formula is C23H27N5O3. The molecule has 0 saturated carbocycles. The van der Waals surface area contributed by atoms with Gasteiger partial charge in [-0.3, -0.25) is 19.9 Å². The van der Waals surface area contributed by atoms with E-state index in [0.29, 0.717) is 12.3 Å². The molecule has 2 aromatic heterocycles. The molecule has 1 saturated heterocycles. The van der Waals surface area contributed by atoms with Crippen LogP contribution in [-0.4, -0.2) is 43.8 Å². The molecule has 0 bridgehead atoms. The molecule has 31 heavy (non-hydrogen) atoms. The van der Waals surface area contributed by atoms with Gasteiger partial charge in [0.2, 0.25) is 5.91 Å². The molecule has 3 aromatic rings. The van der Waals surface area contributed by atoms with Crippen molar-refractivity contribution in [3.05, 3.63) is 63.2 Å². The summed E-state index contributed by atoms with van der Waals surface area (Å²) in [6.07, 6.45) is 4.15. The van der Waals surface area contributed by atoms with Crippen LogP contribution in [0.4, 0.5) is 5.69 Å². The predicted octanol–water partition coefficient (Wildman–Crippen LogP) is 4.38. The highest BCUT2D eigenvalue weighted by Gasteiger charge is 2.27. The summed E-state index contributed by atoms with van der Waals surface area (Å²) in [6.45, 7) is 7.36. The van der Waals surface area contributed by atoms with Gasteiger partial charge in [0.15, 0.2) is 0 Å². The zero-order valence-electron chi connectivity index (χ0n) is 18.1. The van der Waals surface area contributed by atoms with Crippen molar-refractivity contribution in [3.8, 4) is 0 Å². The smallest absolute Gasteiger partial charge is 0.269 e. The summed E-state index contributed by atoms with van der Waals surface area (Å²) in [5.74, 6) is 1.39. The van der Waals surface area contributed by atoms with Gasteiger partial charge in [-0.1, -0.05) is 19.1 Å². The lowest BCUT2D eigenvalue weighted by Crippen LogP contribution is -2.38. The average molecular weight is 422 g/mol. The minimum atomic E-state index is -0.411. The van der Waals surface area contributed by atoms with Crippen molar-refractivity contribution in [3.63, 3.8) is 0 Å². The number of piperidine rings is 1. The van der Waals surface area contributed by atoms with E-state index >= 15 is 0 Å². The van der Waals surface area contributed by atoms with E-state index in [4.69, 9.17) is 0 Å². The zero-order chi connectivity index (χ0) is 22.1. The van der Waals surface area contributed by atoms with Crippen molar-refractivity contribution in [2.24, 2.45) is 0 Å².